The molecular weight excluding hydrogens is 495 g/mol. The van der Waals surface area contributed by atoms with E-state index >= 15 is 0 Å². The lowest BCUT2D eigenvalue weighted by Crippen LogP contribution is -2.35. The number of rotatable bonds is 7. The first kappa shape index (κ1) is 26.0. The molecule has 2 aliphatic heterocycles. The topological polar surface area (TPSA) is 62.2 Å². The lowest BCUT2D eigenvalue weighted by atomic mass is 9.86. The van der Waals surface area contributed by atoms with Gasteiger partial charge in [0.25, 0.3) is 0 Å². The maximum atomic E-state index is 14.3. The average Bonchev–Trinajstić information content (AvgIpc) is 3.40. The van der Waals surface area contributed by atoms with E-state index in [-0.39, 0.29) is 29.9 Å². The highest BCUT2D eigenvalue weighted by molar-refractivity contribution is 5.96. The molecule has 0 bridgehead atoms. The molecule has 2 unspecified atom stereocenters. The number of alkyl halides is 1. The summed E-state index contributed by atoms with van der Waals surface area (Å²) in [6, 6.07) is 14.4. The third-order valence-corrected chi connectivity index (χ3v) is 7.43. The molecule has 1 fully saturated rings. The number of phenols is 2. The van der Waals surface area contributed by atoms with Crippen LogP contribution in [0.2, 0.25) is 0 Å². The quantitative estimate of drug-likeness (QED) is 0.369. The summed E-state index contributed by atoms with van der Waals surface area (Å²) >= 11 is 0. The summed E-state index contributed by atoms with van der Waals surface area (Å²) < 4.78 is 53.4. The van der Waals surface area contributed by atoms with Crippen LogP contribution in [0.5, 0.6) is 23.0 Å². The zero-order chi connectivity index (χ0) is 27.0. The molecule has 0 aromatic heterocycles. The van der Waals surface area contributed by atoms with Crippen LogP contribution in [0.1, 0.15) is 43.1 Å². The van der Waals surface area contributed by atoms with Gasteiger partial charge in [0.05, 0.1) is 6.67 Å². The van der Waals surface area contributed by atoms with Gasteiger partial charge in [-0.05, 0) is 86.0 Å². The zero-order valence-corrected chi connectivity index (χ0v) is 21.3. The van der Waals surface area contributed by atoms with Crippen LogP contribution in [0.25, 0.3) is 11.1 Å². The lowest BCUT2D eigenvalue weighted by Gasteiger charge is -2.31. The summed E-state index contributed by atoms with van der Waals surface area (Å²) in [5.74, 6) is -1.94. The number of hydrogen-bond acceptors (Lipinski definition) is 5. The zero-order valence-electron chi connectivity index (χ0n) is 21.3. The van der Waals surface area contributed by atoms with E-state index in [9.17, 15) is 23.4 Å². The highest BCUT2D eigenvalue weighted by atomic mass is 19.2. The first-order valence-electron chi connectivity index (χ1n) is 12.7. The number of phenolic OH excluding ortho intramolecular Hbond substituents is 2. The highest BCUT2D eigenvalue weighted by Gasteiger charge is 2.31. The second-order valence-electron chi connectivity index (χ2n) is 10.0. The monoisotopic (exact) mass is 525 g/mol. The van der Waals surface area contributed by atoms with Gasteiger partial charge in [0, 0.05) is 29.6 Å². The molecule has 38 heavy (non-hydrogen) atoms. The number of hydrogen-bond donors (Lipinski definition) is 2. The van der Waals surface area contributed by atoms with Gasteiger partial charge in [-0.2, -0.15) is 4.39 Å². The summed E-state index contributed by atoms with van der Waals surface area (Å²) in [5, 5.41) is 20.0. The fourth-order valence-corrected chi connectivity index (χ4v) is 5.22. The van der Waals surface area contributed by atoms with Gasteiger partial charge in [-0.1, -0.05) is 12.1 Å². The molecule has 3 aromatic rings. The van der Waals surface area contributed by atoms with Crippen LogP contribution in [-0.4, -0.2) is 47.5 Å². The predicted molar refractivity (Wildman–Crippen MR) is 139 cm³/mol. The third-order valence-electron chi connectivity index (χ3n) is 7.43. The van der Waals surface area contributed by atoms with Gasteiger partial charge in [0.15, 0.2) is 17.4 Å². The number of nitrogens with zero attached hydrogens (tertiary/aromatic N) is 1. The number of aromatic hydroxyl groups is 2. The second kappa shape index (κ2) is 10.6. The minimum atomic E-state index is -1.32. The molecule has 5 nitrogen and oxygen atoms in total. The first-order chi connectivity index (χ1) is 18.2. The third kappa shape index (κ3) is 5.05. The van der Waals surface area contributed by atoms with Crippen LogP contribution in [0.15, 0.2) is 54.6 Å². The molecule has 8 heteroatoms. The maximum Gasteiger partial charge on any atom is 0.200 e. The SMILES string of the molecule is CC1=C(c2cc(O)c(F)c(F)c2)C(c2ccc(OCC(C)N3CC[C@@H](CF)C3)cc2)Oc2ccc(O)cc21. The van der Waals surface area contributed by atoms with Gasteiger partial charge in [-0.3, -0.25) is 9.29 Å². The van der Waals surface area contributed by atoms with E-state index in [1.165, 1.54) is 12.1 Å². The molecule has 5 rings (SSSR count). The Hall–Kier alpha value is -3.65. The number of ether oxygens (including phenoxy) is 2. The number of benzene rings is 3. The number of allylic oxidation sites excluding steroid dienone is 1. The highest BCUT2D eigenvalue weighted by Crippen LogP contribution is 2.48. The van der Waals surface area contributed by atoms with Crippen LogP contribution in [0.3, 0.4) is 0 Å². The van der Waals surface area contributed by atoms with Gasteiger partial charge in [-0.15, -0.1) is 0 Å². The Morgan fingerprint density at radius 2 is 1.84 bits per heavy atom. The molecule has 0 radical (unpaired) electrons. The average molecular weight is 526 g/mol. The fourth-order valence-electron chi connectivity index (χ4n) is 5.22. The molecule has 0 saturated carbocycles. The van der Waals surface area contributed by atoms with E-state index in [4.69, 9.17) is 9.47 Å². The molecular formula is C30H30F3NO4. The summed E-state index contributed by atoms with van der Waals surface area (Å²) in [4.78, 5) is 2.24. The number of likely N-dealkylation sites (tertiary alicyclic amines) is 1. The Bertz CT molecular complexity index is 1340. The molecule has 0 aliphatic carbocycles. The van der Waals surface area contributed by atoms with E-state index in [0.29, 0.717) is 34.8 Å². The van der Waals surface area contributed by atoms with Gasteiger partial charge < -0.3 is 19.7 Å². The standard InChI is InChI=1S/C30H30F3NO4/c1-17(34-10-9-19(14-31)15-34)16-37-23-6-3-20(4-7-23)30-28(21-11-25(32)29(33)26(36)12-21)18(2)24-13-22(35)5-8-27(24)38-30/h3-8,11-13,17,19,30,35-36H,9-10,14-16H2,1-2H3/t17?,19-,30?/m0/s1. The van der Waals surface area contributed by atoms with Crippen molar-refractivity contribution in [1.29, 1.82) is 0 Å². The lowest BCUT2D eigenvalue weighted by molar-refractivity contribution is 0.165. The Labute approximate surface area is 219 Å². The molecule has 200 valence electrons. The van der Waals surface area contributed by atoms with E-state index < -0.39 is 23.5 Å². The van der Waals surface area contributed by atoms with E-state index in [1.54, 1.807) is 12.1 Å². The van der Waals surface area contributed by atoms with Gasteiger partial charge in [-0.25, -0.2) is 4.39 Å². The molecule has 2 heterocycles. The minimum absolute atomic E-state index is 0.0440. The predicted octanol–water partition coefficient (Wildman–Crippen LogP) is 6.50. The van der Waals surface area contributed by atoms with Gasteiger partial charge in [0.2, 0.25) is 0 Å². The Morgan fingerprint density at radius 3 is 2.53 bits per heavy atom. The Morgan fingerprint density at radius 1 is 1.08 bits per heavy atom. The van der Waals surface area contributed by atoms with Crippen LogP contribution in [-0.2, 0) is 0 Å². The van der Waals surface area contributed by atoms with Crippen molar-refractivity contribution in [3.05, 3.63) is 82.9 Å². The van der Waals surface area contributed by atoms with Crippen molar-refractivity contribution in [3.8, 4) is 23.0 Å². The second-order valence-corrected chi connectivity index (χ2v) is 10.0. The number of halogens is 3. The molecule has 0 spiro atoms. The summed E-state index contributed by atoms with van der Waals surface area (Å²) in [6.45, 7) is 5.66. The molecule has 3 atom stereocenters. The fraction of sp³-hybridized carbons (Fsp3) is 0.333. The van der Waals surface area contributed by atoms with Crippen molar-refractivity contribution in [1.82, 2.24) is 4.90 Å². The van der Waals surface area contributed by atoms with Gasteiger partial charge >= 0.3 is 0 Å². The largest absolute Gasteiger partial charge is 0.508 e. The summed E-state index contributed by atoms with van der Waals surface area (Å²) in [5.41, 5.74) is 2.86. The van der Waals surface area contributed by atoms with Crippen LogP contribution in [0, 0.1) is 17.6 Å². The van der Waals surface area contributed by atoms with E-state index in [0.717, 1.165) is 31.1 Å². The Balaban J connectivity index is 1.42. The van der Waals surface area contributed by atoms with E-state index in [2.05, 4.69) is 11.8 Å². The number of fused-ring (bicyclic) bond motifs is 1. The smallest absolute Gasteiger partial charge is 0.200 e. The van der Waals surface area contributed by atoms with Gasteiger partial charge in [0.1, 0.15) is 30.0 Å². The van der Waals surface area contributed by atoms with Crippen LogP contribution >= 0.6 is 0 Å². The van der Waals surface area contributed by atoms with Crippen molar-refractivity contribution < 1.29 is 32.9 Å². The van der Waals surface area contributed by atoms with Crippen molar-refractivity contribution in [3.63, 3.8) is 0 Å². The molecule has 2 aliphatic rings. The van der Waals surface area contributed by atoms with Crippen molar-refractivity contribution in [2.75, 3.05) is 26.4 Å². The van der Waals surface area contributed by atoms with Crippen LogP contribution in [0.4, 0.5) is 13.2 Å². The molecule has 2 N–H and O–H groups in total. The van der Waals surface area contributed by atoms with E-state index in [1.807, 2.05) is 31.2 Å². The normalized spacial score (nSPS) is 20.2. The molecule has 3 aromatic carbocycles. The van der Waals surface area contributed by atoms with Crippen molar-refractivity contribution >= 4 is 11.1 Å². The maximum absolute atomic E-state index is 14.3. The van der Waals surface area contributed by atoms with Crippen molar-refractivity contribution in [2.45, 2.75) is 32.4 Å². The summed E-state index contributed by atoms with van der Waals surface area (Å²) in [6.07, 6.45) is 0.177. The van der Waals surface area contributed by atoms with Crippen molar-refractivity contribution in [2.24, 2.45) is 5.92 Å². The molecule has 0 amide bonds. The van der Waals surface area contributed by atoms with Crippen LogP contribution < -0.4 is 9.47 Å². The summed E-state index contributed by atoms with van der Waals surface area (Å²) in [7, 11) is 0. The molecule has 1 saturated heterocycles. The Kier molecular flexibility index (Phi) is 7.25. The first-order valence-corrected chi connectivity index (χ1v) is 12.7. The minimum Gasteiger partial charge on any atom is -0.508 e.